The molecule has 1 aromatic heterocycles. The maximum atomic E-state index is 11.9. The van der Waals surface area contributed by atoms with E-state index in [9.17, 15) is 4.79 Å². The molecule has 1 amide bonds. The van der Waals surface area contributed by atoms with E-state index < -0.39 is 0 Å². The molecule has 0 aliphatic heterocycles. The number of nitrogens with zero attached hydrogens (tertiary/aromatic N) is 1. The van der Waals surface area contributed by atoms with Gasteiger partial charge in [0.25, 0.3) is 0 Å². The second-order valence-corrected chi connectivity index (χ2v) is 6.98. The molecule has 3 aromatic rings. The highest BCUT2D eigenvalue weighted by Crippen LogP contribution is 2.17. The van der Waals surface area contributed by atoms with E-state index in [1.807, 2.05) is 48.5 Å². The van der Waals surface area contributed by atoms with Crippen molar-refractivity contribution >= 4 is 32.9 Å². The van der Waals surface area contributed by atoms with E-state index in [1.54, 1.807) is 0 Å². The van der Waals surface area contributed by atoms with Crippen LogP contribution in [0, 0.1) is 0 Å². The molecule has 0 radical (unpaired) electrons. The molecular formula is C20H22BrN3O2. The van der Waals surface area contributed by atoms with Crippen LogP contribution in [0.2, 0.25) is 0 Å². The fourth-order valence-corrected chi connectivity index (χ4v) is 3.05. The molecule has 2 N–H and O–H groups in total. The van der Waals surface area contributed by atoms with Crippen molar-refractivity contribution in [1.82, 2.24) is 15.3 Å². The van der Waals surface area contributed by atoms with Gasteiger partial charge in [-0.3, -0.25) is 4.79 Å². The third kappa shape index (κ3) is 5.59. The molecule has 5 nitrogen and oxygen atoms in total. The van der Waals surface area contributed by atoms with Gasteiger partial charge in [-0.15, -0.1) is 0 Å². The van der Waals surface area contributed by atoms with E-state index >= 15 is 0 Å². The first-order valence-corrected chi connectivity index (χ1v) is 9.59. The summed E-state index contributed by atoms with van der Waals surface area (Å²) >= 11 is 3.41. The normalized spacial score (nSPS) is 10.8. The number of aryl methyl sites for hydroxylation is 1. The van der Waals surface area contributed by atoms with Gasteiger partial charge in [-0.2, -0.15) is 0 Å². The van der Waals surface area contributed by atoms with Crippen LogP contribution in [0.15, 0.2) is 53.0 Å². The van der Waals surface area contributed by atoms with E-state index in [0.29, 0.717) is 26.0 Å². The summed E-state index contributed by atoms with van der Waals surface area (Å²) in [5.74, 6) is 1.83. The minimum atomic E-state index is 0.0625. The summed E-state index contributed by atoms with van der Waals surface area (Å²) in [6, 6.07) is 15.7. The van der Waals surface area contributed by atoms with E-state index in [-0.39, 0.29) is 5.91 Å². The van der Waals surface area contributed by atoms with Crippen LogP contribution in [0.25, 0.3) is 11.0 Å². The number of imidazole rings is 1. The van der Waals surface area contributed by atoms with Crippen molar-refractivity contribution in [2.24, 2.45) is 0 Å². The summed E-state index contributed by atoms with van der Waals surface area (Å²) in [4.78, 5) is 19.7. The Morgan fingerprint density at radius 1 is 1.15 bits per heavy atom. The number of halogens is 1. The molecule has 0 aliphatic rings. The average Bonchev–Trinajstić information content (AvgIpc) is 3.05. The molecular weight excluding hydrogens is 394 g/mol. The molecule has 0 atom stereocenters. The second kappa shape index (κ2) is 9.38. The van der Waals surface area contributed by atoms with Gasteiger partial charge in [0.05, 0.1) is 17.6 Å². The summed E-state index contributed by atoms with van der Waals surface area (Å²) in [5.41, 5.74) is 2.04. The number of carbonyl (C=O) groups excluding carboxylic acids is 1. The van der Waals surface area contributed by atoms with E-state index in [2.05, 4.69) is 31.2 Å². The predicted octanol–water partition coefficient (Wildman–Crippen LogP) is 4.23. The van der Waals surface area contributed by atoms with Crippen LogP contribution >= 0.6 is 15.9 Å². The van der Waals surface area contributed by atoms with Crippen LogP contribution in [0.1, 0.15) is 25.1 Å². The maximum Gasteiger partial charge on any atom is 0.220 e. The molecule has 136 valence electrons. The van der Waals surface area contributed by atoms with E-state index in [0.717, 1.165) is 39.9 Å². The third-order valence-corrected chi connectivity index (χ3v) is 4.46. The number of H-pyrrole nitrogens is 1. The van der Waals surface area contributed by atoms with E-state index in [4.69, 9.17) is 4.74 Å². The van der Waals surface area contributed by atoms with Gasteiger partial charge in [-0.1, -0.05) is 34.1 Å². The Labute approximate surface area is 161 Å². The van der Waals surface area contributed by atoms with Gasteiger partial charge in [0.2, 0.25) is 5.91 Å². The highest BCUT2D eigenvalue weighted by Gasteiger charge is 2.04. The van der Waals surface area contributed by atoms with Crippen molar-refractivity contribution in [2.75, 3.05) is 13.2 Å². The molecule has 0 unspecified atom stereocenters. The zero-order valence-electron chi connectivity index (χ0n) is 14.5. The van der Waals surface area contributed by atoms with Gasteiger partial charge in [-0.05, 0) is 43.2 Å². The Balaban J connectivity index is 1.28. The lowest BCUT2D eigenvalue weighted by molar-refractivity contribution is -0.121. The van der Waals surface area contributed by atoms with Crippen molar-refractivity contribution in [1.29, 1.82) is 0 Å². The quantitative estimate of drug-likeness (QED) is 0.513. The topological polar surface area (TPSA) is 67.0 Å². The highest BCUT2D eigenvalue weighted by atomic mass is 79.9. The van der Waals surface area contributed by atoms with E-state index in [1.165, 1.54) is 0 Å². The number of amides is 1. The second-order valence-electron chi connectivity index (χ2n) is 6.06. The van der Waals surface area contributed by atoms with Gasteiger partial charge in [0.15, 0.2) is 0 Å². The third-order valence-electron chi connectivity index (χ3n) is 3.96. The van der Waals surface area contributed by atoms with Crippen LogP contribution in [0.3, 0.4) is 0 Å². The number of hydrogen-bond acceptors (Lipinski definition) is 3. The fourth-order valence-electron chi connectivity index (χ4n) is 2.68. The fraction of sp³-hybridized carbons (Fsp3) is 0.300. The van der Waals surface area contributed by atoms with Gasteiger partial charge in [-0.25, -0.2) is 4.98 Å². The van der Waals surface area contributed by atoms with Gasteiger partial charge < -0.3 is 15.0 Å². The molecule has 0 aliphatic carbocycles. The number of benzene rings is 2. The lowest BCUT2D eigenvalue weighted by atomic mass is 10.2. The summed E-state index contributed by atoms with van der Waals surface area (Å²) in [6.07, 6.45) is 2.85. The largest absolute Gasteiger partial charge is 0.494 e. The Hall–Kier alpha value is -2.34. The number of aromatic nitrogens is 2. The average molecular weight is 416 g/mol. The molecule has 0 spiro atoms. The van der Waals surface area contributed by atoms with Crippen molar-refractivity contribution in [2.45, 2.75) is 25.7 Å². The van der Waals surface area contributed by atoms with Crippen LogP contribution in [0.4, 0.5) is 0 Å². The molecule has 2 aromatic carbocycles. The number of rotatable bonds is 9. The minimum absolute atomic E-state index is 0.0625. The summed E-state index contributed by atoms with van der Waals surface area (Å²) < 4.78 is 6.61. The number of para-hydroxylation sites is 2. The number of ether oxygens (including phenoxy) is 1. The summed E-state index contributed by atoms with van der Waals surface area (Å²) in [5, 5.41) is 2.95. The first-order chi connectivity index (χ1) is 12.7. The van der Waals surface area contributed by atoms with Crippen LogP contribution in [-0.4, -0.2) is 29.0 Å². The smallest absolute Gasteiger partial charge is 0.220 e. The van der Waals surface area contributed by atoms with Crippen molar-refractivity contribution in [3.63, 3.8) is 0 Å². The Morgan fingerprint density at radius 2 is 2.04 bits per heavy atom. The zero-order valence-corrected chi connectivity index (χ0v) is 16.1. The first kappa shape index (κ1) is 18.5. The Kier molecular flexibility index (Phi) is 6.66. The highest BCUT2D eigenvalue weighted by molar-refractivity contribution is 9.10. The number of carbonyl (C=O) groups is 1. The van der Waals surface area contributed by atoms with Crippen molar-refractivity contribution in [3.05, 3.63) is 58.8 Å². The SMILES string of the molecule is O=C(CCCOc1cccc(Br)c1)NCCCc1nc2ccccc2[nH]1. The zero-order chi connectivity index (χ0) is 18.2. The predicted molar refractivity (Wildman–Crippen MR) is 106 cm³/mol. The number of hydrogen-bond donors (Lipinski definition) is 2. The van der Waals surface area contributed by atoms with Crippen molar-refractivity contribution < 1.29 is 9.53 Å². The number of fused-ring (bicyclic) bond motifs is 1. The molecule has 0 bridgehead atoms. The Morgan fingerprint density at radius 3 is 2.88 bits per heavy atom. The van der Waals surface area contributed by atoms with Crippen molar-refractivity contribution in [3.8, 4) is 5.75 Å². The molecule has 3 rings (SSSR count). The molecule has 1 heterocycles. The first-order valence-electron chi connectivity index (χ1n) is 8.79. The minimum Gasteiger partial charge on any atom is -0.494 e. The molecule has 0 saturated carbocycles. The molecule has 0 fully saturated rings. The van der Waals surface area contributed by atoms with Gasteiger partial charge in [0, 0.05) is 23.9 Å². The Bertz CT molecular complexity index is 830. The maximum absolute atomic E-state index is 11.9. The lowest BCUT2D eigenvalue weighted by Crippen LogP contribution is -2.25. The summed E-state index contributed by atoms with van der Waals surface area (Å²) in [7, 11) is 0. The number of nitrogens with one attached hydrogen (secondary N) is 2. The standard InChI is InChI=1S/C20H22BrN3O2/c21-15-6-3-7-16(14-15)26-13-5-11-20(25)22-12-4-10-19-23-17-8-1-2-9-18(17)24-19/h1-3,6-9,14H,4-5,10-13H2,(H,22,25)(H,23,24). The van der Waals surface area contributed by atoms with Gasteiger partial charge in [0.1, 0.15) is 11.6 Å². The van der Waals surface area contributed by atoms with Crippen LogP contribution < -0.4 is 10.1 Å². The van der Waals surface area contributed by atoms with Crippen LogP contribution in [0.5, 0.6) is 5.75 Å². The monoisotopic (exact) mass is 415 g/mol. The molecule has 0 saturated heterocycles. The number of aromatic amines is 1. The van der Waals surface area contributed by atoms with Crippen LogP contribution in [-0.2, 0) is 11.2 Å². The lowest BCUT2D eigenvalue weighted by Gasteiger charge is -2.07. The van der Waals surface area contributed by atoms with Gasteiger partial charge >= 0.3 is 0 Å². The summed E-state index contributed by atoms with van der Waals surface area (Å²) in [6.45, 7) is 1.19. The molecule has 26 heavy (non-hydrogen) atoms. The molecule has 6 heteroatoms.